The number of halogens is 3. The third-order valence-corrected chi connectivity index (χ3v) is 9.33. The third-order valence-electron chi connectivity index (χ3n) is 9.33. The number of aromatic nitrogens is 1. The Labute approximate surface area is 268 Å². The van der Waals surface area contributed by atoms with Gasteiger partial charge in [0.25, 0.3) is 5.91 Å². The summed E-state index contributed by atoms with van der Waals surface area (Å²) in [6.07, 6.45) is 4.30. The van der Waals surface area contributed by atoms with Gasteiger partial charge in [0.15, 0.2) is 23.1 Å². The van der Waals surface area contributed by atoms with Crippen molar-refractivity contribution in [3.05, 3.63) is 176 Å². The number of amides is 1. The van der Waals surface area contributed by atoms with Crippen LogP contribution < -0.4 is 15.2 Å². The number of nitrogens with zero attached hydrogens (tertiary/aromatic N) is 3. The van der Waals surface area contributed by atoms with E-state index in [0.717, 1.165) is 22.3 Å². The molecule has 1 aromatic heterocycles. The van der Waals surface area contributed by atoms with Crippen LogP contribution in [0.1, 0.15) is 43.9 Å². The van der Waals surface area contributed by atoms with Gasteiger partial charge in [-0.25, -0.2) is 13.2 Å². The van der Waals surface area contributed by atoms with Gasteiger partial charge in [-0.3, -0.25) is 19.3 Å². The molecule has 2 aliphatic carbocycles. The van der Waals surface area contributed by atoms with Crippen LogP contribution in [-0.4, -0.2) is 28.7 Å². The lowest BCUT2D eigenvalue weighted by atomic mass is 9.83. The van der Waals surface area contributed by atoms with Gasteiger partial charge < -0.3 is 9.64 Å². The lowest BCUT2D eigenvalue weighted by Crippen LogP contribution is -2.62. The Kier molecular flexibility index (Phi) is 6.79. The molecule has 1 atom stereocenters. The fraction of sp³-hybridized carbons (Fsp3) is 0.158. The van der Waals surface area contributed by atoms with Crippen LogP contribution in [0.4, 0.5) is 13.2 Å². The number of carbonyl (C=O) groups excluding carboxylic acids is 1. The second-order valence-electron chi connectivity index (χ2n) is 12.0. The number of carbonyl (C=O) groups is 1. The number of rotatable bonds is 7. The normalized spacial score (nSPS) is 17.6. The first-order valence-corrected chi connectivity index (χ1v) is 15.4. The Bertz CT molecular complexity index is 2160. The Balaban J connectivity index is 1.32. The predicted octanol–water partition coefficient (Wildman–Crippen LogP) is 6.34. The molecule has 3 aliphatic rings. The molecule has 0 bridgehead atoms. The number of fused-ring (bicyclic) bond motifs is 6. The third kappa shape index (κ3) is 4.56. The van der Waals surface area contributed by atoms with Crippen LogP contribution in [0.15, 0.2) is 114 Å². The standard InChI is InChI=1S/C38H28F3N3O3/c39-29-11-6-9-24(17-29)13-15-42-23-44(43-16-14-34(45)36(35(43)37(42)46)47-22-25-7-2-1-3-8-25)38-28(18-26-10-4-5-12-30(26)38)19-27-20-32(40)33(41)21-31(27)38/h1-12,14,16-17,19-21H,13,15,18,22-23H2. The van der Waals surface area contributed by atoms with Gasteiger partial charge in [0.2, 0.25) is 5.43 Å². The topological polar surface area (TPSA) is 54.8 Å². The molecule has 0 saturated heterocycles. The van der Waals surface area contributed by atoms with Gasteiger partial charge >= 0.3 is 0 Å². The monoisotopic (exact) mass is 631 g/mol. The van der Waals surface area contributed by atoms with Crippen molar-refractivity contribution in [3.8, 4) is 5.75 Å². The van der Waals surface area contributed by atoms with Crippen LogP contribution in [0.5, 0.6) is 5.75 Å². The number of hydrogen-bond donors (Lipinski definition) is 0. The summed E-state index contributed by atoms with van der Waals surface area (Å²) in [6.45, 7) is 0.282. The molecule has 47 heavy (non-hydrogen) atoms. The summed E-state index contributed by atoms with van der Waals surface area (Å²) in [5, 5.41) is 1.94. The van der Waals surface area contributed by atoms with Crippen LogP contribution in [0.3, 0.4) is 0 Å². The Morgan fingerprint density at radius 2 is 1.55 bits per heavy atom. The molecule has 0 N–H and O–H groups in total. The smallest absolute Gasteiger partial charge is 0.277 e. The zero-order valence-corrected chi connectivity index (χ0v) is 25.1. The zero-order valence-electron chi connectivity index (χ0n) is 25.1. The molecule has 5 aromatic rings. The molecule has 2 heterocycles. The van der Waals surface area contributed by atoms with E-state index in [1.165, 1.54) is 30.3 Å². The SMILES string of the molecule is O=C1c2c(OCc3ccccc3)c(=O)ccn2N(C23C(=Cc4cc(F)c(F)cc42)Cc2ccccc23)CN1CCc1cccc(F)c1. The first-order valence-electron chi connectivity index (χ1n) is 15.4. The molecular weight excluding hydrogens is 603 g/mol. The van der Waals surface area contributed by atoms with Crippen molar-refractivity contribution in [3.63, 3.8) is 0 Å². The van der Waals surface area contributed by atoms with Crippen molar-refractivity contribution in [2.24, 2.45) is 0 Å². The molecule has 1 amide bonds. The van der Waals surface area contributed by atoms with E-state index < -0.39 is 28.5 Å². The summed E-state index contributed by atoms with van der Waals surface area (Å²) >= 11 is 0. The summed E-state index contributed by atoms with van der Waals surface area (Å²) in [7, 11) is 0. The fourth-order valence-corrected chi connectivity index (χ4v) is 7.25. The molecule has 1 aliphatic heterocycles. The quantitative estimate of drug-likeness (QED) is 0.211. The van der Waals surface area contributed by atoms with Gasteiger partial charge in [0.1, 0.15) is 24.6 Å². The maximum absolute atomic E-state index is 15.1. The molecule has 8 rings (SSSR count). The van der Waals surface area contributed by atoms with E-state index in [2.05, 4.69) is 0 Å². The maximum Gasteiger partial charge on any atom is 0.277 e. The van der Waals surface area contributed by atoms with E-state index in [-0.39, 0.29) is 37.1 Å². The lowest BCUT2D eigenvalue weighted by molar-refractivity contribution is 0.0666. The molecule has 9 heteroatoms. The molecule has 0 spiro atoms. The molecule has 1 unspecified atom stereocenters. The first kappa shape index (κ1) is 28.9. The van der Waals surface area contributed by atoms with Gasteiger partial charge in [-0.2, -0.15) is 0 Å². The highest BCUT2D eigenvalue weighted by molar-refractivity contribution is 5.96. The lowest BCUT2D eigenvalue weighted by Gasteiger charge is -2.49. The molecule has 0 fully saturated rings. The van der Waals surface area contributed by atoms with Gasteiger partial charge in [-0.15, -0.1) is 0 Å². The van der Waals surface area contributed by atoms with Gasteiger partial charge in [0, 0.05) is 18.8 Å². The van der Waals surface area contributed by atoms with Crippen LogP contribution in [0, 0.1) is 17.5 Å². The second-order valence-corrected chi connectivity index (χ2v) is 12.0. The summed E-state index contributed by atoms with van der Waals surface area (Å²) < 4.78 is 51.6. The van der Waals surface area contributed by atoms with Crippen molar-refractivity contribution in [2.45, 2.75) is 25.0 Å². The minimum atomic E-state index is -1.13. The van der Waals surface area contributed by atoms with Gasteiger partial charge in [-0.1, -0.05) is 72.8 Å². The largest absolute Gasteiger partial charge is 0.482 e. The molecule has 0 radical (unpaired) electrons. The van der Waals surface area contributed by atoms with Crippen LogP contribution in [0.25, 0.3) is 6.08 Å². The minimum absolute atomic E-state index is 0.0214. The van der Waals surface area contributed by atoms with Crippen LogP contribution in [0.2, 0.25) is 0 Å². The molecule has 4 aromatic carbocycles. The van der Waals surface area contributed by atoms with Crippen molar-refractivity contribution in [1.82, 2.24) is 9.58 Å². The second kappa shape index (κ2) is 11.0. The highest BCUT2D eigenvalue weighted by Gasteiger charge is 2.55. The molecule has 234 valence electrons. The summed E-state index contributed by atoms with van der Waals surface area (Å²) in [5.41, 5.74) is 3.79. The highest BCUT2D eigenvalue weighted by atomic mass is 19.2. The van der Waals surface area contributed by atoms with Crippen molar-refractivity contribution in [1.29, 1.82) is 0 Å². The van der Waals surface area contributed by atoms with Crippen molar-refractivity contribution in [2.75, 3.05) is 18.2 Å². The summed E-state index contributed by atoms with van der Waals surface area (Å²) in [6, 6.07) is 27.1. The van der Waals surface area contributed by atoms with E-state index in [0.29, 0.717) is 29.5 Å². The van der Waals surface area contributed by atoms with E-state index in [9.17, 15) is 18.4 Å². The average Bonchev–Trinajstić information content (AvgIpc) is 3.55. The first-order chi connectivity index (χ1) is 22.8. The van der Waals surface area contributed by atoms with Gasteiger partial charge in [0.05, 0.1) is 0 Å². The molecule has 0 saturated carbocycles. The van der Waals surface area contributed by atoms with E-state index in [1.807, 2.05) is 65.7 Å². The van der Waals surface area contributed by atoms with Gasteiger partial charge in [-0.05, 0) is 76.1 Å². The number of benzene rings is 4. The summed E-state index contributed by atoms with van der Waals surface area (Å²) in [5.74, 6) is -2.86. The predicted molar refractivity (Wildman–Crippen MR) is 171 cm³/mol. The van der Waals surface area contributed by atoms with Crippen LogP contribution >= 0.6 is 0 Å². The Hall–Kier alpha value is -5.57. The zero-order chi connectivity index (χ0) is 32.3. The van der Waals surface area contributed by atoms with Crippen molar-refractivity contribution >= 4 is 12.0 Å². The maximum atomic E-state index is 15.1. The summed E-state index contributed by atoms with van der Waals surface area (Å²) in [4.78, 5) is 29.4. The average molecular weight is 632 g/mol. The van der Waals surface area contributed by atoms with E-state index in [1.54, 1.807) is 27.9 Å². The molecular formula is C38H28F3N3O3. The van der Waals surface area contributed by atoms with E-state index in [4.69, 9.17) is 4.74 Å². The Morgan fingerprint density at radius 3 is 2.38 bits per heavy atom. The molecule has 6 nitrogen and oxygen atoms in total. The highest BCUT2D eigenvalue weighted by Crippen LogP contribution is 2.55. The van der Waals surface area contributed by atoms with Crippen LogP contribution in [-0.2, 0) is 25.0 Å². The minimum Gasteiger partial charge on any atom is -0.482 e. The van der Waals surface area contributed by atoms with E-state index >= 15 is 4.39 Å². The fourth-order valence-electron chi connectivity index (χ4n) is 7.25. The number of ether oxygens (including phenoxy) is 1. The number of pyridine rings is 1. The van der Waals surface area contributed by atoms with Crippen molar-refractivity contribution < 1.29 is 22.7 Å². The number of hydrogen-bond acceptors (Lipinski definition) is 4. The Morgan fingerprint density at radius 1 is 0.787 bits per heavy atom.